The molecule has 0 N–H and O–H groups in total. The number of aromatic nitrogens is 4. The molecule has 6 nitrogen and oxygen atoms in total. The van der Waals surface area contributed by atoms with E-state index in [1.54, 1.807) is 24.8 Å². The molecule has 128 valence electrons. The number of nitrogens with zero attached hydrogens (tertiary/aromatic N) is 5. The minimum atomic E-state index is -1.63. The lowest BCUT2D eigenvalue weighted by Crippen LogP contribution is -2.29. The van der Waals surface area contributed by atoms with Gasteiger partial charge in [0.1, 0.15) is 11.3 Å². The van der Waals surface area contributed by atoms with Gasteiger partial charge >= 0.3 is 0 Å². The van der Waals surface area contributed by atoms with Crippen molar-refractivity contribution in [1.82, 2.24) is 19.9 Å². The van der Waals surface area contributed by atoms with Crippen molar-refractivity contribution in [3.63, 3.8) is 0 Å². The molecule has 7 heteroatoms. The summed E-state index contributed by atoms with van der Waals surface area (Å²) in [6, 6.07) is 8.16. The summed E-state index contributed by atoms with van der Waals surface area (Å²) in [5.74, 6) is 1.51. The van der Waals surface area contributed by atoms with Crippen LogP contribution in [-0.2, 0) is 6.42 Å². The summed E-state index contributed by atoms with van der Waals surface area (Å²) in [6.07, 6.45) is 7.39. The van der Waals surface area contributed by atoms with Crippen LogP contribution in [0.2, 0.25) is 19.6 Å². The molecule has 2 heterocycles. The zero-order valence-electron chi connectivity index (χ0n) is 14.7. The summed E-state index contributed by atoms with van der Waals surface area (Å²) < 4.78 is 6.14. The number of aliphatic imine (C=N–C) groups is 1. The molecule has 0 fully saturated rings. The average molecular weight is 351 g/mol. The van der Waals surface area contributed by atoms with E-state index in [0.717, 1.165) is 12.2 Å². The lowest BCUT2D eigenvalue weighted by molar-refractivity contribution is 0.549. The van der Waals surface area contributed by atoms with Gasteiger partial charge in [-0.15, -0.1) is 0 Å². The Morgan fingerprint density at radius 1 is 1.08 bits per heavy atom. The average Bonchev–Trinajstić information content (AvgIpc) is 2.58. The van der Waals surface area contributed by atoms with Crippen LogP contribution in [0.5, 0.6) is 5.75 Å². The molecule has 0 saturated heterocycles. The topological polar surface area (TPSA) is 73.2 Å². The van der Waals surface area contributed by atoms with E-state index >= 15 is 0 Å². The zero-order valence-corrected chi connectivity index (χ0v) is 15.7. The van der Waals surface area contributed by atoms with E-state index in [4.69, 9.17) is 4.43 Å². The summed E-state index contributed by atoms with van der Waals surface area (Å²) in [6.45, 7) is 7.19. The fourth-order valence-electron chi connectivity index (χ4n) is 2.32. The molecule has 0 atom stereocenters. The second kappa shape index (κ2) is 7.48. The number of rotatable bonds is 6. The predicted molar refractivity (Wildman–Crippen MR) is 102 cm³/mol. The van der Waals surface area contributed by atoms with Gasteiger partial charge in [-0.25, -0.2) is 19.9 Å². The Bertz CT molecular complexity index is 892. The Morgan fingerprint density at radius 3 is 2.72 bits per heavy atom. The molecule has 2 aromatic heterocycles. The maximum Gasteiger partial charge on any atom is 0.242 e. The lowest BCUT2D eigenvalue weighted by atomic mass is 10.1. The van der Waals surface area contributed by atoms with Crippen LogP contribution in [-0.4, -0.2) is 41.0 Å². The van der Waals surface area contributed by atoms with Crippen molar-refractivity contribution >= 4 is 25.7 Å². The van der Waals surface area contributed by atoms with Gasteiger partial charge in [0.2, 0.25) is 8.32 Å². The van der Waals surface area contributed by atoms with Crippen molar-refractivity contribution in [2.75, 3.05) is 6.54 Å². The third kappa shape index (κ3) is 4.90. The molecule has 0 aliphatic heterocycles. The first-order valence-electron chi connectivity index (χ1n) is 8.22. The summed E-state index contributed by atoms with van der Waals surface area (Å²) in [7, 11) is -1.63. The van der Waals surface area contributed by atoms with Crippen LogP contribution in [0.1, 0.15) is 11.4 Å². The van der Waals surface area contributed by atoms with Gasteiger partial charge in [-0.2, -0.15) is 0 Å². The highest BCUT2D eigenvalue weighted by Gasteiger charge is 2.17. The number of benzene rings is 1. The van der Waals surface area contributed by atoms with E-state index < -0.39 is 8.32 Å². The highest BCUT2D eigenvalue weighted by atomic mass is 28.4. The molecule has 0 unspecified atom stereocenters. The summed E-state index contributed by atoms with van der Waals surface area (Å²) in [5.41, 5.74) is 2.43. The normalized spacial score (nSPS) is 12.0. The maximum atomic E-state index is 6.14. The van der Waals surface area contributed by atoms with Crippen molar-refractivity contribution in [1.29, 1.82) is 0 Å². The van der Waals surface area contributed by atoms with E-state index in [0.29, 0.717) is 23.5 Å². The van der Waals surface area contributed by atoms with Crippen LogP contribution in [0.25, 0.3) is 11.2 Å². The summed E-state index contributed by atoms with van der Waals surface area (Å²) in [4.78, 5) is 21.3. The quantitative estimate of drug-likeness (QED) is 0.503. The molecule has 0 bridgehead atoms. The fourth-order valence-corrected chi connectivity index (χ4v) is 3.18. The molecule has 1 aromatic carbocycles. The van der Waals surface area contributed by atoms with Crippen LogP contribution in [0.15, 0.2) is 47.8 Å². The van der Waals surface area contributed by atoms with Gasteiger partial charge < -0.3 is 4.43 Å². The van der Waals surface area contributed by atoms with E-state index in [9.17, 15) is 0 Å². The molecule has 0 aliphatic carbocycles. The van der Waals surface area contributed by atoms with Crippen molar-refractivity contribution in [2.24, 2.45) is 4.99 Å². The van der Waals surface area contributed by atoms with Crippen LogP contribution >= 0.6 is 0 Å². The van der Waals surface area contributed by atoms with Gasteiger partial charge in [0.15, 0.2) is 11.5 Å². The molecule has 0 aliphatic rings. The molecule has 0 amide bonds. The lowest BCUT2D eigenvalue weighted by Gasteiger charge is -2.21. The first kappa shape index (κ1) is 17.2. The highest BCUT2D eigenvalue weighted by Crippen LogP contribution is 2.22. The molecule has 25 heavy (non-hydrogen) atoms. The zero-order chi connectivity index (χ0) is 17.7. The van der Waals surface area contributed by atoms with Crippen molar-refractivity contribution < 1.29 is 4.43 Å². The third-order valence-electron chi connectivity index (χ3n) is 3.35. The van der Waals surface area contributed by atoms with Gasteiger partial charge in [-0.3, -0.25) is 4.99 Å². The summed E-state index contributed by atoms with van der Waals surface area (Å²) >= 11 is 0. The van der Waals surface area contributed by atoms with E-state index in [-0.39, 0.29) is 0 Å². The van der Waals surface area contributed by atoms with Gasteiger partial charge in [0, 0.05) is 18.9 Å². The van der Waals surface area contributed by atoms with Crippen LogP contribution in [0.3, 0.4) is 0 Å². The molecular formula is C18H21N5OSi. The molecule has 0 saturated carbocycles. The maximum absolute atomic E-state index is 6.14. The van der Waals surface area contributed by atoms with Crippen LogP contribution < -0.4 is 4.43 Å². The summed E-state index contributed by atoms with van der Waals surface area (Å²) in [5, 5.41) is 0. The Morgan fingerprint density at radius 2 is 1.88 bits per heavy atom. The van der Waals surface area contributed by atoms with E-state index in [2.05, 4.69) is 50.6 Å². The van der Waals surface area contributed by atoms with Gasteiger partial charge in [-0.05, 0) is 37.7 Å². The Balaban J connectivity index is 1.65. The first-order chi connectivity index (χ1) is 12.0. The van der Waals surface area contributed by atoms with Crippen molar-refractivity contribution in [2.45, 2.75) is 26.1 Å². The van der Waals surface area contributed by atoms with Gasteiger partial charge in [-0.1, -0.05) is 18.2 Å². The Labute approximate surface area is 148 Å². The third-order valence-corrected chi connectivity index (χ3v) is 4.18. The monoisotopic (exact) mass is 351 g/mol. The standard InChI is InChI=1S/C18H21N5OSi/c1-25(2,3)24-16-7-5-4-6-14(16)8-9-19-13-17-22-12-15-18(23-17)21-11-10-20-15/h4-7,10-13H,8-9H2,1-3H3. The predicted octanol–water partition coefficient (Wildman–Crippen LogP) is 3.30. The smallest absolute Gasteiger partial charge is 0.242 e. The minimum Gasteiger partial charge on any atom is -0.544 e. The molecule has 3 aromatic rings. The van der Waals surface area contributed by atoms with Crippen molar-refractivity contribution in [3.05, 3.63) is 54.2 Å². The second-order valence-corrected chi connectivity index (χ2v) is 11.0. The molecule has 0 radical (unpaired) electrons. The number of fused-ring (bicyclic) bond motifs is 1. The van der Waals surface area contributed by atoms with E-state index in [1.807, 2.05) is 18.2 Å². The van der Waals surface area contributed by atoms with E-state index in [1.165, 1.54) is 5.56 Å². The van der Waals surface area contributed by atoms with Crippen molar-refractivity contribution in [3.8, 4) is 5.75 Å². The SMILES string of the molecule is C[Si](C)(C)Oc1ccccc1CCN=Cc1ncc2nccnc2n1. The Hall–Kier alpha value is -2.67. The van der Waals surface area contributed by atoms with Crippen LogP contribution in [0, 0.1) is 0 Å². The number of hydrogen-bond donors (Lipinski definition) is 0. The first-order valence-corrected chi connectivity index (χ1v) is 11.6. The molecule has 0 spiro atoms. The Kier molecular flexibility index (Phi) is 5.13. The van der Waals surface area contributed by atoms with Crippen LogP contribution in [0.4, 0.5) is 0 Å². The number of hydrogen-bond acceptors (Lipinski definition) is 6. The second-order valence-electron chi connectivity index (χ2n) is 6.60. The minimum absolute atomic E-state index is 0.541. The fraction of sp³-hybridized carbons (Fsp3) is 0.278. The molecule has 3 rings (SSSR count). The van der Waals surface area contributed by atoms with Gasteiger partial charge in [0.25, 0.3) is 0 Å². The largest absolute Gasteiger partial charge is 0.544 e. The number of para-hydroxylation sites is 1. The molecular weight excluding hydrogens is 330 g/mol. The van der Waals surface area contributed by atoms with Gasteiger partial charge in [0.05, 0.1) is 12.4 Å². The highest BCUT2D eigenvalue weighted by molar-refractivity contribution is 6.70.